The summed E-state index contributed by atoms with van der Waals surface area (Å²) in [6, 6.07) is 6.32. The molecule has 0 radical (unpaired) electrons. The molecule has 2 aromatic rings. The van der Waals surface area contributed by atoms with Gasteiger partial charge in [-0.15, -0.1) is 0 Å². The number of pyridine rings is 1. The lowest BCUT2D eigenvalue weighted by atomic mass is 10.1. The highest BCUT2D eigenvalue weighted by atomic mass is 79.9. The van der Waals surface area contributed by atoms with Crippen molar-refractivity contribution in [3.63, 3.8) is 0 Å². The van der Waals surface area contributed by atoms with Gasteiger partial charge in [-0.2, -0.15) is 0 Å². The van der Waals surface area contributed by atoms with E-state index in [4.69, 9.17) is 4.98 Å². The third-order valence-electron chi connectivity index (χ3n) is 3.51. The van der Waals surface area contributed by atoms with Crippen LogP contribution in [0.25, 0.3) is 5.52 Å². The van der Waals surface area contributed by atoms with E-state index in [0.717, 1.165) is 35.5 Å². The van der Waals surface area contributed by atoms with Crippen molar-refractivity contribution in [1.82, 2.24) is 14.7 Å². The molecule has 1 N–H and O–H groups in total. The fourth-order valence-corrected chi connectivity index (χ4v) is 3.10. The molecule has 0 aromatic carbocycles. The van der Waals surface area contributed by atoms with Crippen molar-refractivity contribution in [2.24, 2.45) is 0 Å². The number of halogens is 1. The van der Waals surface area contributed by atoms with Gasteiger partial charge < -0.3 is 10.2 Å². The largest absolute Gasteiger partial charge is 0.364 e. The summed E-state index contributed by atoms with van der Waals surface area (Å²) in [5.41, 5.74) is 1.14. The smallest absolute Gasteiger partial charge is 0.132 e. The van der Waals surface area contributed by atoms with Gasteiger partial charge in [0.1, 0.15) is 16.2 Å². The average Bonchev–Trinajstić information content (AvgIpc) is 2.97. The Balaban J connectivity index is 2.24. The maximum atomic E-state index is 4.73. The summed E-state index contributed by atoms with van der Waals surface area (Å²) < 4.78 is 3.20. The molecule has 0 bridgehead atoms. The number of aromatic nitrogens is 2. The van der Waals surface area contributed by atoms with Crippen molar-refractivity contribution >= 4 is 27.3 Å². The summed E-state index contributed by atoms with van der Waals surface area (Å²) in [5, 5.41) is 3.41. The Morgan fingerprint density at radius 2 is 2.28 bits per heavy atom. The first-order chi connectivity index (χ1) is 8.68. The lowest BCUT2D eigenvalue weighted by Crippen LogP contribution is -2.16. The lowest BCUT2D eigenvalue weighted by molar-refractivity contribution is 0.696. The summed E-state index contributed by atoms with van der Waals surface area (Å²) in [7, 11) is 4.14. The van der Waals surface area contributed by atoms with Crippen LogP contribution in [0.4, 0.5) is 5.82 Å². The molecule has 18 heavy (non-hydrogen) atoms. The van der Waals surface area contributed by atoms with E-state index in [1.165, 1.54) is 5.82 Å². The van der Waals surface area contributed by atoms with Crippen LogP contribution in [-0.2, 0) is 0 Å². The van der Waals surface area contributed by atoms with Crippen molar-refractivity contribution in [3.05, 3.63) is 28.6 Å². The molecule has 2 aromatic heterocycles. The Bertz CT molecular complexity index is 570. The number of imidazole rings is 1. The van der Waals surface area contributed by atoms with E-state index in [9.17, 15) is 0 Å². The van der Waals surface area contributed by atoms with E-state index in [-0.39, 0.29) is 0 Å². The van der Waals surface area contributed by atoms with E-state index >= 15 is 0 Å². The monoisotopic (exact) mass is 308 g/mol. The van der Waals surface area contributed by atoms with Gasteiger partial charge in [-0.05, 0) is 41.0 Å². The van der Waals surface area contributed by atoms with Crippen molar-refractivity contribution in [2.45, 2.75) is 12.3 Å². The molecular formula is C13H17BrN4. The highest BCUT2D eigenvalue weighted by molar-refractivity contribution is 9.10. The number of rotatable bonds is 2. The second-order valence-corrected chi connectivity index (χ2v) is 5.70. The Kier molecular flexibility index (Phi) is 3.03. The standard InChI is InChI=1S/C13H17BrN4/c1-17(2)11-5-3-4-10-12(14)16-13(18(10)11)9-6-7-15-8-9/h3-5,9,15H,6-8H2,1-2H3. The van der Waals surface area contributed by atoms with E-state index in [1.807, 2.05) is 0 Å². The molecule has 3 rings (SSSR count). The molecule has 1 unspecified atom stereocenters. The van der Waals surface area contributed by atoms with Crippen molar-refractivity contribution < 1.29 is 0 Å². The first-order valence-electron chi connectivity index (χ1n) is 6.23. The normalized spacial score (nSPS) is 19.6. The minimum atomic E-state index is 0.505. The summed E-state index contributed by atoms with van der Waals surface area (Å²) in [6.45, 7) is 2.11. The highest BCUT2D eigenvalue weighted by Gasteiger charge is 2.24. The van der Waals surface area contributed by atoms with Gasteiger partial charge in [0.05, 0.1) is 5.52 Å². The molecule has 1 fully saturated rings. The molecule has 4 nitrogen and oxygen atoms in total. The van der Waals surface area contributed by atoms with Gasteiger partial charge in [-0.3, -0.25) is 4.40 Å². The quantitative estimate of drug-likeness (QED) is 0.923. The van der Waals surface area contributed by atoms with E-state index in [0.29, 0.717) is 5.92 Å². The molecule has 5 heteroatoms. The Labute approximate surface area is 115 Å². The van der Waals surface area contributed by atoms with Crippen LogP contribution in [0.3, 0.4) is 0 Å². The van der Waals surface area contributed by atoms with E-state index in [2.05, 4.69) is 62.8 Å². The molecule has 96 valence electrons. The van der Waals surface area contributed by atoms with Gasteiger partial charge in [0, 0.05) is 26.6 Å². The Morgan fingerprint density at radius 1 is 1.44 bits per heavy atom. The molecule has 1 aliphatic heterocycles. The zero-order valence-electron chi connectivity index (χ0n) is 10.7. The van der Waals surface area contributed by atoms with Crippen molar-refractivity contribution in [2.75, 3.05) is 32.1 Å². The third kappa shape index (κ3) is 1.82. The van der Waals surface area contributed by atoms with Crippen molar-refractivity contribution in [3.8, 4) is 0 Å². The van der Waals surface area contributed by atoms with Gasteiger partial charge in [-0.1, -0.05) is 6.07 Å². The van der Waals surface area contributed by atoms with Crippen LogP contribution in [0.2, 0.25) is 0 Å². The van der Waals surface area contributed by atoms with Crippen molar-refractivity contribution in [1.29, 1.82) is 0 Å². The molecular weight excluding hydrogens is 292 g/mol. The fourth-order valence-electron chi connectivity index (χ4n) is 2.61. The van der Waals surface area contributed by atoms with Crippen LogP contribution in [0.5, 0.6) is 0 Å². The SMILES string of the molecule is CN(C)c1cccc2c(Br)nc(C3CCNC3)n12. The fraction of sp³-hybridized carbons (Fsp3) is 0.462. The summed E-state index contributed by atoms with van der Waals surface area (Å²) >= 11 is 3.58. The van der Waals surface area contributed by atoms with Crippen LogP contribution < -0.4 is 10.2 Å². The Morgan fingerprint density at radius 3 is 2.94 bits per heavy atom. The molecule has 1 saturated heterocycles. The maximum Gasteiger partial charge on any atom is 0.132 e. The van der Waals surface area contributed by atoms with Gasteiger partial charge >= 0.3 is 0 Å². The second kappa shape index (κ2) is 4.55. The number of nitrogens with one attached hydrogen (secondary N) is 1. The molecule has 1 atom stereocenters. The molecule has 0 amide bonds. The summed E-state index contributed by atoms with van der Waals surface area (Å²) in [5.74, 6) is 2.84. The van der Waals surface area contributed by atoms with Crippen LogP contribution in [0.1, 0.15) is 18.2 Å². The number of hydrogen-bond donors (Lipinski definition) is 1. The molecule has 0 aliphatic carbocycles. The van der Waals surface area contributed by atoms with E-state index < -0.39 is 0 Å². The van der Waals surface area contributed by atoms with Crippen LogP contribution in [0, 0.1) is 0 Å². The van der Waals surface area contributed by atoms with Gasteiger partial charge in [0.25, 0.3) is 0 Å². The van der Waals surface area contributed by atoms with Crippen LogP contribution in [-0.4, -0.2) is 36.6 Å². The predicted molar refractivity (Wildman–Crippen MR) is 77.4 cm³/mol. The number of fused-ring (bicyclic) bond motifs is 1. The zero-order valence-corrected chi connectivity index (χ0v) is 12.2. The van der Waals surface area contributed by atoms with Gasteiger partial charge in [0.2, 0.25) is 0 Å². The highest BCUT2D eigenvalue weighted by Crippen LogP contribution is 2.30. The minimum absolute atomic E-state index is 0.505. The molecule has 0 saturated carbocycles. The van der Waals surface area contributed by atoms with E-state index in [1.54, 1.807) is 0 Å². The average molecular weight is 309 g/mol. The summed E-state index contributed by atoms with van der Waals surface area (Å²) in [6.07, 6.45) is 1.16. The number of nitrogens with zero attached hydrogens (tertiary/aromatic N) is 3. The first-order valence-corrected chi connectivity index (χ1v) is 7.02. The summed E-state index contributed by atoms with van der Waals surface area (Å²) in [4.78, 5) is 6.86. The topological polar surface area (TPSA) is 32.6 Å². The molecule has 0 spiro atoms. The number of anilines is 1. The number of hydrogen-bond acceptors (Lipinski definition) is 3. The van der Waals surface area contributed by atoms with Gasteiger partial charge in [0.15, 0.2) is 0 Å². The maximum absolute atomic E-state index is 4.73. The van der Waals surface area contributed by atoms with Gasteiger partial charge in [-0.25, -0.2) is 4.98 Å². The first kappa shape index (κ1) is 12.0. The molecule has 1 aliphatic rings. The van der Waals surface area contributed by atoms with Crippen LogP contribution >= 0.6 is 15.9 Å². The predicted octanol–water partition coefficient (Wildman–Crippen LogP) is 2.24. The second-order valence-electron chi connectivity index (χ2n) is 4.95. The third-order valence-corrected chi connectivity index (χ3v) is 4.09. The minimum Gasteiger partial charge on any atom is -0.364 e. The molecule has 3 heterocycles. The Hall–Kier alpha value is -1.07. The lowest BCUT2D eigenvalue weighted by Gasteiger charge is -2.17. The van der Waals surface area contributed by atoms with Crippen LogP contribution in [0.15, 0.2) is 22.8 Å². The zero-order chi connectivity index (χ0) is 12.7.